The highest BCUT2D eigenvalue weighted by Crippen LogP contribution is 2.34. The molecule has 1 fully saturated rings. The molecule has 1 saturated heterocycles. The van der Waals surface area contributed by atoms with Crippen LogP contribution in [0.2, 0.25) is 0 Å². The van der Waals surface area contributed by atoms with Gasteiger partial charge in [-0.25, -0.2) is 9.97 Å². The molecule has 7 heteroatoms. The van der Waals surface area contributed by atoms with E-state index in [1.54, 1.807) is 6.20 Å². The van der Waals surface area contributed by atoms with Crippen molar-refractivity contribution in [2.45, 2.75) is 45.6 Å². The van der Waals surface area contributed by atoms with Crippen LogP contribution in [0.3, 0.4) is 0 Å². The fourth-order valence-corrected chi connectivity index (χ4v) is 4.04. The van der Waals surface area contributed by atoms with Crippen molar-refractivity contribution in [2.24, 2.45) is 13.0 Å². The Kier molecular flexibility index (Phi) is 5.89. The lowest BCUT2D eigenvalue weighted by atomic mass is 9.87. The van der Waals surface area contributed by atoms with Gasteiger partial charge in [-0.1, -0.05) is 13.8 Å². The second kappa shape index (κ2) is 8.17. The standard InChI is InChI=1S/C20H30N6O/c1-13(2)18-16(12-21-14(3)24-18)20(27)22-11-15-7-6-10-25(4)19(15)17-8-9-23-26(17)5/h8-9,12-13,15,19H,6-7,10-11H2,1-5H3,(H,22,27)/t15-,19+/m0/s1. The number of rotatable bonds is 5. The van der Waals surface area contributed by atoms with E-state index in [1.807, 2.05) is 38.7 Å². The molecule has 27 heavy (non-hydrogen) atoms. The van der Waals surface area contributed by atoms with Crippen molar-refractivity contribution in [3.8, 4) is 0 Å². The molecule has 2 aromatic rings. The Hall–Kier alpha value is -2.28. The van der Waals surface area contributed by atoms with E-state index >= 15 is 0 Å². The first kappa shape index (κ1) is 19.5. The summed E-state index contributed by atoms with van der Waals surface area (Å²) in [7, 11) is 4.13. The summed E-state index contributed by atoms with van der Waals surface area (Å²) >= 11 is 0. The van der Waals surface area contributed by atoms with Gasteiger partial charge in [0.05, 0.1) is 23.0 Å². The number of carbonyl (C=O) groups excluding carboxylic acids is 1. The molecule has 1 aliphatic heterocycles. The van der Waals surface area contributed by atoms with E-state index in [9.17, 15) is 4.79 Å². The summed E-state index contributed by atoms with van der Waals surface area (Å²) in [5.41, 5.74) is 2.58. The lowest BCUT2D eigenvalue weighted by Crippen LogP contribution is -2.42. The molecule has 0 aliphatic carbocycles. The van der Waals surface area contributed by atoms with Crippen LogP contribution in [-0.2, 0) is 7.05 Å². The maximum atomic E-state index is 12.8. The van der Waals surface area contributed by atoms with Gasteiger partial charge in [0.2, 0.25) is 0 Å². The Morgan fingerprint density at radius 2 is 2.15 bits per heavy atom. The monoisotopic (exact) mass is 370 g/mol. The van der Waals surface area contributed by atoms with Gasteiger partial charge in [0.1, 0.15) is 5.82 Å². The molecule has 0 spiro atoms. The van der Waals surface area contributed by atoms with Crippen molar-refractivity contribution in [1.29, 1.82) is 0 Å². The van der Waals surface area contributed by atoms with Crippen LogP contribution < -0.4 is 5.32 Å². The average Bonchev–Trinajstić information content (AvgIpc) is 3.05. The largest absolute Gasteiger partial charge is 0.352 e. The number of hydrogen-bond donors (Lipinski definition) is 1. The minimum absolute atomic E-state index is 0.0873. The summed E-state index contributed by atoms with van der Waals surface area (Å²) in [6.07, 6.45) is 5.71. The molecule has 0 radical (unpaired) electrons. The third-order valence-electron chi connectivity index (χ3n) is 5.42. The Bertz CT molecular complexity index is 800. The second-order valence-corrected chi connectivity index (χ2v) is 7.79. The number of hydrogen-bond acceptors (Lipinski definition) is 5. The van der Waals surface area contributed by atoms with Crippen LogP contribution in [0.4, 0.5) is 0 Å². The van der Waals surface area contributed by atoms with E-state index in [1.165, 1.54) is 5.69 Å². The van der Waals surface area contributed by atoms with Gasteiger partial charge in [-0.15, -0.1) is 0 Å². The van der Waals surface area contributed by atoms with Crippen LogP contribution in [0.15, 0.2) is 18.5 Å². The van der Waals surface area contributed by atoms with Gasteiger partial charge in [-0.2, -0.15) is 5.10 Å². The first-order chi connectivity index (χ1) is 12.9. The molecule has 0 unspecified atom stereocenters. The first-order valence-electron chi connectivity index (χ1n) is 9.68. The lowest BCUT2D eigenvalue weighted by molar-refractivity contribution is 0.0878. The van der Waals surface area contributed by atoms with Crippen LogP contribution >= 0.6 is 0 Å². The van der Waals surface area contributed by atoms with Crippen molar-refractivity contribution >= 4 is 5.91 Å². The molecule has 2 atom stereocenters. The normalized spacial score (nSPS) is 20.8. The van der Waals surface area contributed by atoms with Gasteiger partial charge in [0.15, 0.2) is 0 Å². The zero-order valence-corrected chi connectivity index (χ0v) is 16.9. The summed E-state index contributed by atoms with van der Waals surface area (Å²) in [5, 5.41) is 7.47. The number of amides is 1. The maximum absolute atomic E-state index is 12.8. The third-order valence-corrected chi connectivity index (χ3v) is 5.42. The van der Waals surface area contributed by atoms with Crippen LogP contribution in [0.25, 0.3) is 0 Å². The van der Waals surface area contributed by atoms with Gasteiger partial charge in [-0.3, -0.25) is 14.4 Å². The molecule has 1 aliphatic rings. The molecule has 1 N–H and O–H groups in total. The van der Waals surface area contributed by atoms with Gasteiger partial charge >= 0.3 is 0 Å². The number of nitrogens with one attached hydrogen (secondary N) is 1. The summed E-state index contributed by atoms with van der Waals surface area (Å²) in [4.78, 5) is 23.9. The number of likely N-dealkylation sites (tertiary alicyclic amines) is 1. The van der Waals surface area contributed by atoms with Gasteiger partial charge in [0.25, 0.3) is 5.91 Å². The number of nitrogens with zero attached hydrogens (tertiary/aromatic N) is 5. The van der Waals surface area contributed by atoms with Crippen molar-refractivity contribution in [1.82, 2.24) is 30.0 Å². The van der Waals surface area contributed by atoms with E-state index in [0.29, 0.717) is 23.9 Å². The van der Waals surface area contributed by atoms with E-state index < -0.39 is 0 Å². The Morgan fingerprint density at radius 3 is 2.81 bits per heavy atom. The molecule has 1 amide bonds. The van der Waals surface area contributed by atoms with Crippen molar-refractivity contribution < 1.29 is 4.79 Å². The van der Waals surface area contributed by atoms with Gasteiger partial charge in [-0.05, 0) is 51.3 Å². The SMILES string of the molecule is Cc1ncc(C(=O)NC[C@@H]2CCCN(C)[C@H]2c2ccnn2C)c(C(C)C)n1. The predicted octanol–water partition coefficient (Wildman–Crippen LogP) is 2.45. The van der Waals surface area contributed by atoms with Gasteiger partial charge < -0.3 is 5.32 Å². The van der Waals surface area contributed by atoms with Gasteiger partial charge in [0, 0.05) is 26.0 Å². The van der Waals surface area contributed by atoms with E-state index in [2.05, 4.69) is 38.4 Å². The smallest absolute Gasteiger partial charge is 0.254 e. The zero-order valence-electron chi connectivity index (χ0n) is 16.9. The molecular formula is C20H30N6O. The number of aromatic nitrogens is 4. The van der Waals surface area contributed by atoms with E-state index in [-0.39, 0.29) is 17.9 Å². The topological polar surface area (TPSA) is 75.9 Å². The number of carbonyl (C=O) groups is 1. The van der Waals surface area contributed by atoms with Crippen molar-refractivity contribution in [2.75, 3.05) is 20.1 Å². The molecular weight excluding hydrogens is 340 g/mol. The van der Waals surface area contributed by atoms with Crippen LogP contribution in [0, 0.1) is 12.8 Å². The first-order valence-corrected chi connectivity index (χ1v) is 9.68. The average molecular weight is 371 g/mol. The van der Waals surface area contributed by atoms with Crippen molar-refractivity contribution in [3.63, 3.8) is 0 Å². The summed E-state index contributed by atoms with van der Waals surface area (Å²) in [5.74, 6) is 1.13. The summed E-state index contributed by atoms with van der Waals surface area (Å²) < 4.78 is 1.94. The molecule has 146 valence electrons. The van der Waals surface area contributed by atoms with E-state index in [4.69, 9.17) is 0 Å². The number of piperidine rings is 1. The molecule has 3 heterocycles. The second-order valence-electron chi connectivity index (χ2n) is 7.79. The Labute approximate surface area is 161 Å². The van der Waals surface area contributed by atoms with E-state index in [0.717, 1.165) is 25.1 Å². The predicted molar refractivity (Wildman–Crippen MR) is 104 cm³/mol. The molecule has 2 aromatic heterocycles. The fraction of sp³-hybridized carbons (Fsp3) is 0.600. The minimum atomic E-state index is -0.0873. The Morgan fingerprint density at radius 1 is 1.37 bits per heavy atom. The molecule has 0 saturated carbocycles. The highest BCUT2D eigenvalue weighted by atomic mass is 16.1. The van der Waals surface area contributed by atoms with Crippen LogP contribution in [0.5, 0.6) is 0 Å². The molecule has 0 bridgehead atoms. The molecule has 7 nitrogen and oxygen atoms in total. The van der Waals surface area contributed by atoms with Crippen molar-refractivity contribution in [3.05, 3.63) is 41.2 Å². The molecule has 0 aromatic carbocycles. The quantitative estimate of drug-likeness (QED) is 0.875. The van der Waals surface area contributed by atoms with Crippen LogP contribution in [0.1, 0.15) is 66.2 Å². The Balaban J connectivity index is 1.75. The highest BCUT2D eigenvalue weighted by molar-refractivity contribution is 5.95. The van der Waals surface area contributed by atoms with Crippen LogP contribution in [-0.4, -0.2) is 50.7 Å². The summed E-state index contributed by atoms with van der Waals surface area (Å²) in [6, 6.07) is 2.33. The highest BCUT2D eigenvalue weighted by Gasteiger charge is 2.32. The summed E-state index contributed by atoms with van der Waals surface area (Å²) in [6.45, 7) is 7.64. The maximum Gasteiger partial charge on any atom is 0.254 e. The minimum Gasteiger partial charge on any atom is -0.352 e. The lowest BCUT2D eigenvalue weighted by Gasteiger charge is -2.39. The molecule has 3 rings (SSSR count). The fourth-order valence-electron chi connectivity index (χ4n) is 4.04. The number of aryl methyl sites for hydroxylation is 2. The zero-order chi connectivity index (χ0) is 19.6. The third kappa shape index (κ3) is 4.18.